The molecule has 0 amide bonds. The number of benzene rings is 2. The van der Waals surface area contributed by atoms with E-state index in [0.29, 0.717) is 6.04 Å². The predicted octanol–water partition coefficient (Wildman–Crippen LogP) is 4.04. The first kappa shape index (κ1) is 22.4. The number of carboxylic acid groups (broad SMARTS) is 1. The molecule has 5 heteroatoms. The molecule has 0 radical (unpaired) electrons. The SMILES string of the molecule is CCC(=O)O.Cl.OC1(c2ccccc2)CCN(C2Cc3ccccc3C2)CC1. The van der Waals surface area contributed by atoms with E-state index in [2.05, 4.69) is 41.3 Å². The Morgan fingerprint density at radius 2 is 1.46 bits per heavy atom. The van der Waals surface area contributed by atoms with E-state index in [-0.39, 0.29) is 18.8 Å². The van der Waals surface area contributed by atoms with Gasteiger partial charge in [-0.15, -0.1) is 12.4 Å². The van der Waals surface area contributed by atoms with Crippen LogP contribution in [0.25, 0.3) is 0 Å². The van der Waals surface area contributed by atoms with Gasteiger partial charge in [0.1, 0.15) is 0 Å². The number of carboxylic acids is 1. The molecule has 2 N–H and O–H groups in total. The molecule has 0 aromatic heterocycles. The fourth-order valence-corrected chi connectivity index (χ4v) is 4.09. The number of nitrogens with zero attached hydrogens (tertiary/aromatic N) is 1. The van der Waals surface area contributed by atoms with Crippen molar-refractivity contribution in [3.8, 4) is 0 Å². The minimum atomic E-state index is -0.745. The molecule has 2 aromatic carbocycles. The maximum atomic E-state index is 11.0. The fraction of sp³-hybridized carbons (Fsp3) is 0.435. The average Bonchev–Trinajstić information content (AvgIpc) is 3.14. The van der Waals surface area contributed by atoms with Crippen molar-refractivity contribution < 1.29 is 15.0 Å². The molecule has 4 rings (SSSR count). The summed E-state index contributed by atoms with van der Waals surface area (Å²) in [4.78, 5) is 11.9. The van der Waals surface area contributed by atoms with Crippen LogP contribution in [0.5, 0.6) is 0 Å². The number of rotatable bonds is 3. The highest BCUT2D eigenvalue weighted by Crippen LogP contribution is 2.35. The average molecular weight is 404 g/mol. The number of piperidine rings is 1. The Kier molecular flexibility index (Phi) is 8.05. The van der Waals surface area contributed by atoms with E-state index >= 15 is 0 Å². The number of fused-ring (bicyclic) bond motifs is 1. The standard InChI is InChI=1S/C20H23NO.C3H6O2.ClH/c22-20(18-8-2-1-3-9-18)10-12-21(13-11-20)19-14-16-6-4-5-7-17(16)15-19;1-2-3(4)5;/h1-9,19,22H,10-15H2;2H2,1H3,(H,4,5);1H. The molecule has 0 saturated carbocycles. The first-order valence-electron chi connectivity index (χ1n) is 9.82. The normalized spacial score (nSPS) is 18.4. The van der Waals surface area contributed by atoms with E-state index in [1.807, 2.05) is 18.2 Å². The van der Waals surface area contributed by atoms with Crippen LogP contribution in [0.15, 0.2) is 54.6 Å². The summed E-state index contributed by atoms with van der Waals surface area (Å²) in [7, 11) is 0. The summed E-state index contributed by atoms with van der Waals surface area (Å²) in [6.45, 7) is 3.58. The Labute approximate surface area is 173 Å². The maximum absolute atomic E-state index is 11.0. The zero-order chi connectivity index (χ0) is 19.3. The predicted molar refractivity (Wildman–Crippen MR) is 114 cm³/mol. The molecule has 1 aliphatic heterocycles. The van der Waals surface area contributed by atoms with Crippen molar-refractivity contribution in [2.24, 2.45) is 0 Å². The van der Waals surface area contributed by atoms with Gasteiger partial charge in [0.05, 0.1) is 5.60 Å². The lowest BCUT2D eigenvalue weighted by atomic mass is 9.84. The number of halogens is 1. The Bertz CT molecular complexity index is 732. The number of likely N-dealkylation sites (tertiary alicyclic amines) is 1. The van der Waals surface area contributed by atoms with Crippen LogP contribution >= 0.6 is 12.4 Å². The summed E-state index contributed by atoms with van der Waals surface area (Å²) in [5.41, 5.74) is 3.46. The van der Waals surface area contributed by atoms with Gasteiger partial charge in [-0.3, -0.25) is 9.69 Å². The van der Waals surface area contributed by atoms with Crippen LogP contribution in [0.3, 0.4) is 0 Å². The first-order valence-corrected chi connectivity index (χ1v) is 9.82. The summed E-state index contributed by atoms with van der Waals surface area (Å²) in [5.74, 6) is -0.745. The third-order valence-electron chi connectivity index (χ3n) is 5.78. The molecule has 1 saturated heterocycles. The molecule has 0 atom stereocenters. The molecule has 2 aliphatic rings. The van der Waals surface area contributed by atoms with Crippen LogP contribution in [0.2, 0.25) is 0 Å². The summed E-state index contributed by atoms with van der Waals surface area (Å²) in [6, 6.07) is 19.6. The van der Waals surface area contributed by atoms with Crippen LogP contribution in [-0.2, 0) is 23.2 Å². The molecule has 1 heterocycles. The highest BCUT2D eigenvalue weighted by atomic mass is 35.5. The molecule has 152 valence electrons. The molecule has 0 unspecified atom stereocenters. The van der Waals surface area contributed by atoms with Gasteiger partial charge in [-0.1, -0.05) is 61.5 Å². The van der Waals surface area contributed by atoms with Crippen LogP contribution < -0.4 is 0 Å². The van der Waals surface area contributed by atoms with Crippen molar-refractivity contribution in [2.45, 2.75) is 50.7 Å². The molecule has 2 aromatic rings. The Morgan fingerprint density at radius 3 is 1.93 bits per heavy atom. The fourth-order valence-electron chi connectivity index (χ4n) is 4.09. The number of aliphatic hydroxyl groups is 1. The lowest BCUT2D eigenvalue weighted by Gasteiger charge is -2.41. The minimum Gasteiger partial charge on any atom is -0.481 e. The minimum absolute atomic E-state index is 0. The second-order valence-corrected chi connectivity index (χ2v) is 7.51. The van der Waals surface area contributed by atoms with Gasteiger partial charge >= 0.3 is 5.97 Å². The van der Waals surface area contributed by atoms with Crippen LogP contribution in [0, 0.1) is 0 Å². The van der Waals surface area contributed by atoms with Crippen LogP contribution in [-0.4, -0.2) is 40.2 Å². The molecule has 28 heavy (non-hydrogen) atoms. The maximum Gasteiger partial charge on any atom is 0.303 e. The highest BCUT2D eigenvalue weighted by molar-refractivity contribution is 5.85. The topological polar surface area (TPSA) is 60.8 Å². The van der Waals surface area contributed by atoms with E-state index in [1.165, 1.54) is 24.0 Å². The van der Waals surface area contributed by atoms with Crippen molar-refractivity contribution in [3.05, 3.63) is 71.3 Å². The third kappa shape index (κ3) is 5.34. The van der Waals surface area contributed by atoms with Crippen LogP contribution in [0.4, 0.5) is 0 Å². The van der Waals surface area contributed by atoms with Gasteiger partial charge in [-0.25, -0.2) is 0 Å². The number of hydrogen-bond acceptors (Lipinski definition) is 3. The van der Waals surface area contributed by atoms with Gasteiger partial charge in [0.2, 0.25) is 0 Å². The Balaban J connectivity index is 0.000000420. The van der Waals surface area contributed by atoms with Crippen molar-refractivity contribution in [1.82, 2.24) is 4.90 Å². The van der Waals surface area contributed by atoms with E-state index in [4.69, 9.17) is 5.11 Å². The number of aliphatic carboxylic acids is 1. The summed E-state index contributed by atoms with van der Waals surface area (Å²) in [6.07, 6.45) is 4.23. The molecule has 1 aliphatic carbocycles. The third-order valence-corrected chi connectivity index (χ3v) is 5.78. The number of carbonyl (C=O) groups is 1. The monoisotopic (exact) mass is 403 g/mol. The first-order chi connectivity index (χ1) is 13.0. The largest absolute Gasteiger partial charge is 0.481 e. The summed E-state index contributed by atoms with van der Waals surface area (Å²) in [5, 5.41) is 18.7. The Morgan fingerprint density at radius 1 is 1.00 bits per heavy atom. The van der Waals surface area contributed by atoms with Gasteiger partial charge in [0, 0.05) is 25.6 Å². The smallest absolute Gasteiger partial charge is 0.303 e. The van der Waals surface area contributed by atoms with E-state index in [9.17, 15) is 9.90 Å². The Hall–Kier alpha value is -1.88. The van der Waals surface area contributed by atoms with Crippen molar-refractivity contribution >= 4 is 18.4 Å². The molecule has 0 bridgehead atoms. The molecule has 1 fully saturated rings. The van der Waals surface area contributed by atoms with Crippen LogP contribution in [0.1, 0.15) is 42.9 Å². The summed E-state index contributed by atoms with van der Waals surface area (Å²) < 4.78 is 0. The zero-order valence-electron chi connectivity index (χ0n) is 16.4. The second kappa shape index (κ2) is 10.1. The van der Waals surface area contributed by atoms with E-state index < -0.39 is 11.6 Å². The van der Waals surface area contributed by atoms with Crippen molar-refractivity contribution in [1.29, 1.82) is 0 Å². The van der Waals surface area contributed by atoms with Gasteiger partial charge in [-0.2, -0.15) is 0 Å². The second-order valence-electron chi connectivity index (χ2n) is 7.51. The molecule has 0 spiro atoms. The van der Waals surface area contributed by atoms with Gasteiger partial charge in [0.15, 0.2) is 0 Å². The zero-order valence-corrected chi connectivity index (χ0v) is 17.2. The van der Waals surface area contributed by atoms with Gasteiger partial charge in [0.25, 0.3) is 0 Å². The van der Waals surface area contributed by atoms with Crippen molar-refractivity contribution in [2.75, 3.05) is 13.1 Å². The lowest BCUT2D eigenvalue weighted by molar-refractivity contribution is -0.136. The quantitative estimate of drug-likeness (QED) is 0.811. The van der Waals surface area contributed by atoms with E-state index in [0.717, 1.165) is 31.5 Å². The molecule has 4 nitrogen and oxygen atoms in total. The van der Waals surface area contributed by atoms with E-state index in [1.54, 1.807) is 6.92 Å². The lowest BCUT2D eigenvalue weighted by Crippen LogP contribution is -2.47. The van der Waals surface area contributed by atoms with Crippen molar-refractivity contribution in [3.63, 3.8) is 0 Å². The summed E-state index contributed by atoms with van der Waals surface area (Å²) >= 11 is 0. The number of hydrogen-bond donors (Lipinski definition) is 2. The molecular weight excluding hydrogens is 374 g/mol. The molecular formula is C23H30ClNO3. The van der Waals surface area contributed by atoms with Gasteiger partial charge in [-0.05, 0) is 42.4 Å². The van der Waals surface area contributed by atoms with Gasteiger partial charge < -0.3 is 10.2 Å². The highest BCUT2D eigenvalue weighted by Gasteiger charge is 2.37.